The van der Waals surface area contributed by atoms with Crippen molar-refractivity contribution in [3.05, 3.63) is 111 Å². The van der Waals surface area contributed by atoms with Crippen LogP contribution in [0.15, 0.2) is 77.6 Å². The quantitative estimate of drug-likeness (QED) is 0.221. The van der Waals surface area contributed by atoms with E-state index in [0.717, 1.165) is 54.7 Å². The van der Waals surface area contributed by atoms with Crippen LogP contribution < -0.4 is 10.2 Å². The lowest BCUT2D eigenvalue weighted by Gasteiger charge is -2.32. The summed E-state index contributed by atoms with van der Waals surface area (Å²) in [5, 5.41) is 9.41. The number of benzene rings is 3. The third-order valence-electron chi connectivity index (χ3n) is 7.60. The number of piperidine rings is 1. The van der Waals surface area contributed by atoms with E-state index in [-0.39, 0.29) is 35.2 Å². The third-order valence-corrected chi connectivity index (χ3v) is 8.00. The molecule has 0 saturated carbocycles. The summed E-state index contributed by atoms with van der Waals surface area (Å²) >= 11 is 6.15. The number of aliphatic hydroxyl groups is 1. The number of aryl methyl sites for hydroxylation is 1. The molecule has 4 aromatic rings. The average molecular weight is 620 g/mol. The van der Waals surface area contributed by atoms with Crippen LogP contribution in [0.5, 0.6) is 5.75 Å². The molecule has 0 unspecified atom stereocenters. The minimum atomic E-state index is -4.68. The SMILES string of the molecule is Cc1[nH]c(CO)c(Cl)c(=O)c1-c1ccc(-c2ccc(CN3CCC(c4ccc(OC(F)(F)F)cc4)CC3)cc2)cc1.Cl. The van der Waals surface area contributed by atoms with Crippen molar-refractivity contribution in [3.8, 4) is 28.0 Å². The minimum absolute atomic E-state index is 0. The molecule has 0 amide bonds. The molecule has 0 spiro atoms. The van der Waals surface area contributed by atoms with Gasteiger partial charge in [0, 0.05) is 17.8 Å². The summed E-state index contributed by atoms with van der Waals surface area (Å²) in [5.74, 6) is 0.126. The molecule has 3 aromatic carbocycles. The number of halogens is 5. The maximum absolute atomic E-state index is 12.8. The zero-order valence-electron chi connectivity index (χ0n) is 22.9. The molecule has 1 saturated heterocycles. The second kappa shape index (κ2) is 13.3. The van der Waals surface area contributed by atoms with Gasteiger partial charge in [0.1, 0.15) is 10.8 Å². The van der Waals surface area contributed by atoms with Crippen LogP contribution in [-0.4, -0.2) is 34.4 Å². The molecule has 2 N–H and O–H groups in total. The molecule has 5 rings (SSSR count). The smallest absolute Gasteiger partial charge is 0.406 e. The van der Waals surface area contributed by atoms with Gasteiger partial charge in [-0.05, 0) is 78.7 Å². The summed E-state index contributed by atoms with van der Waals surface area (Å²) in [5.41, 5.74) is 6.25. The number of aromatic nitrogens is 1. The Balaban J connectivity index is 0.00000405. The summed E-state index contributed by atoms with van der Waals surface area (Å²) in [6.07, 6.45) is -2.79. The lowest BCUT2D eigenvalue weighted by atomic mass is 9.89. The summed E-state index contributed by atoms with van der Waals surface area (Å²) in [7, 11) is 0. The van der Waals surface area contributed by atoms with E-state index in [1.165, 1.54) is 17.7 Å². The Kier molecular flexibility index (Phi) is 10.0. The highest BCUT2D eigenvalue weighted by atomic mass is 35.5. The summed E-state index contributed by atoms with van der Waals surface area (Å²) in [4.78, 5) is 18.2. The number of nitrogens with zero attached hydrogens (tertiary/aromatic N) is 1. The predicted molar refractivity (Wildman–Crippen MR) is 161 cm³/mol. The number of ether oxygens (including phenoxy) is 1. The van der Waals surface area contributed by atoms with Gasteiger partial charge in [-0.3, -0.25) is 9.69 Å². The van der Waals surface area contributed by atoms with Crippen LogP contribution in [0.1, 0.15) is 41.3 Å². The standard InChI is InChI=1S/C32H30ClF3N2O3.ClH/c1-20-29(31(40)30(33)28(19-39)37-20)26-8-6-23(7-9-26)22-4-2-21(3-5-22)18-38-16-14-25(15-17-38)24-10-12-27(13-11-24)41-32(34,35)36;/h2-13,25,39H,14-19H2,1H3,(H,37,40);1H. The van der Waals surface area contributed by atoms with Crippen molar-refractivity contribution in [2.24, 2.45) is 0 Å². The monoisotopic (exact) mass is 618 g/mol. The molecule has 1 aliphatic heterocycles. The third kappa shape index (κ3) is 7.36. The molecular formula is C32H31Cl2F3N2O3. The van der Waals surface area contributed by atoms with E-state index in [1.54, 1.807) is 19.1 Å². The molecule has 2 heterocycles. The van der Waals surface area contributed by atoms with Gasteiger partial charge in [0.05, 0.1) is 12.3 Å². The first-order valence-corrected chi connectivity index (χ1v) is 13.8. The highest BCUT2D eigenvalue weighted by Crippen LogP contribution is 2.32. The lowest BCUT2D eigenvalue weighted by molar-refractivity contribution is -0.274. The number of aliphatic hydroxyl groups excluding tert-OH is 1. The van der Waals surface area contributed by atoms with Crippen molar-refractivity contribution in [1.82, 2.24) is 9.88 Å². The Morgan fingerprint density at radius 1 is 0.929 bits per heavy atom. The second-order valence-corrected chi connectivity index (χ2v) is 10.7. The largest absolute Gasteiger partial charge is 0.573 e. The van der Waals surface area contributed by atoms with Gasteiger partial charge in [0.2, 0.25) is 5.43 Å². The molecule has 1 fully saturated rings. The number of alkyl halides is 3. The van der Waals surface area contributed by atoms with Gasteiger partial charge >= 0.3 is 6.36 Å². The van der Waals surface area contributed by atoms with E-state index in [4.69, 9.17) is 11.6 Å². The van der Waals surface area contributed by atoms with Crippen LogP contribution in [0.3, 0.4) is 0 Å². The van der Waals surface area contributed by atoms with E-state index in [0.29, 0.717) is 22.9 Å². The fourth-order valence-electron chi connectivity index (χ4n) is 5.47. The number of nitrogens with one attached hydrogen (secondary N) is 1. The average Bonchev–Trinajstić information content (AvgIpc) is 2.96. The van der Waals surface area contributed by atoms with Crippen molar-refractivity contribution in [2.75, 3.05) is 13.1 Å². The Hall–Kier alpha value is -3.30. The number of aromatic amines is 1. The van der Waals surface area contributed by atoms with Crippen LogP contribution in [0, 0.1) is 6.92 Å². The molecule has 0 radical (unpaired) electrons. The Bertz CT molecular complexity index is 1550. The van der Waals surface area contributed by atoms with Gasteiger partial charge in [-0.15, -0.1) is 25.6 Å². The molecular weight excluding hydrogens is 588 g/mol. The Morgan fingerprint density at radius 3 is 2.02 bits per heavy atom. The van der Waals surface area contributed by atoms with E-state index < -0.39 is 6.36 Å². The normalized spacial score (nSPS) is 14.4. The highest BCUT2D eigenvalue weighted by Gasteiger charge is 2.31. The first kappa shape index (κ1) is 31.6. The fraction of sp³-hybridized carbons (Fsp3) is 0.281. The lowest BCUT2D eigenvalue weighted by Crippen LogP contribution is -2.32. The first-order valence-electron chi connectivity index (χ1n) is 13.4. The van der Waals surface area contributed by atoms with Crippen molar-refractivity contribution < 1.29 is 23.0 Å². The minimum Gasteiger partial charge on any atom is -0.406 e. The van der Waals surface area contributed by atoms with Gasteiger partial charge in [0.15, 0.2) is 0 Å². The van der Waals surface area contributed by atoms with Crippen molar-refractivity contribution >= 4 is 24.0 Å². The van der Waals surface area contributed by atoms with Gasteiger partial charge in [-0.2, -0.15) is 0 Å². The molecule has 1 aliphatic rings. The van der Waals surface area contributed by atoms with Crippen LogP contribution in [0.2, 0.25) is 5.02 Å². The van der Waals surface area contributed by atoms with Gasteiger partial charge in [0.25, 0.3) is 0 Å². The topological polar surface area (TPSA) is 65.6 Å². The van der Waals surface area contributed by atoms with E-state index in [9.17, 15) is 23.1 Å². The molecule has 5 nitrogen and oxygen atoms in total. The maximum Gasteiger partial charge on any atom is 0.573 e. The van der Waals surface area contributed by atoms with Crippen molar-refractivity contribution in [2.45, 2.75) is 45.2 Å². The van der Waals surface area contributed by atoms with Crippen LogP contribution in [0.4, 0.5) is 13.2 Å². The molecule has 222 valence electrons. The molecule has 0 aliphatic carbocycles. The molecule has 0 bridgehead atoms. The van der Waals surface area contributed by atoms with Crippen LogP contribution in [0.25, 0.3) is 22.3 Å². The number of hydrogen-bond acceptors (Lipinski definition) is 4. The van der Waals surface area contributed by atoms with Crippen molar-refractivity contribution in [3.63, 3.8) is 0 Å². The van der Waals surface area contributed by atoms with E-state index in [1.807, 2.05) is 24.3 Å². The Morgan fingerprint density at radius 2 is 1.48 bits per heavy atom. The zero-order valence-corrected chi connectivity index (χ0v) is 24.5. The number of pyridine rings is 1. The zero-order chi connectivity index (χ0) is 29.1. The molecule has 10 heteroatoms. The predicted octanol–water partition coefficient (Wildman–Crippen LogP) is 7.86. The highest BCUT2D eigenvalue weighted by molar-refractivity contribution is 6.31. The number of H-pyrrole nitrogens is 1. The Labute approximate surface area is 253 Å². The van der Waals surface area contributed by atoms with E-state index >= 15 is 0 Å². The maximum atomic E-state index is 12.8. The second-order valence-electron chi connectivity index (χ2n) is 10.3. The first-order chi connectivity index (χ1) is 19.6. The number of likely N-dealkylation sites (tertiary alicyclic amines) is 1. The summed E-state index contributed by atoms with van der Waals surface area (Å²) in [6, 6.07) is 22.4. The number of rotatable bonds is 7. The summed E-state index contributed by atoms with van der Waals surface area (Å²) in [6.45, 7) is 4.11. The molecule has 42 heavy (non-hydrogen) atoms. The summed E-state index contributed by atoms with van der Waals surface area (Å²) < 4.78 is 41.2. The van der Waals surface area contributed by atoms with Crippen molar-refractivity contribution in [1.29, 1.82) is 0 Å². The molecule has 1 aromatic heterocycles. The van der Waals surface area contributed by atoms with Crippen LogP contribution in [-0.2, 0) is 13.2 Å². The van der Waals surface area contributed by atoms with Crippen LogP contribution >= 0.6 is 24.0 Å². The van der Waals surface area contributed by atoms with E-state index in [2.05, 4.69) is 38.9 Å². The fourth-order valence-corrected chi connectivity index (χ4v) is 5.68. The number of hydrogen-bond donors (Lipinski definition) is 2. The van der Waals surface area contributed by atoms with Gasteiger partial charge in [-0.25, -0.2) is 0 Å². The van der Waals surface area contributed by atoms with Gasteiger partial charge in [-0.1, -0.05) is 72.3 Å². The van der Waals surface area contributed by atoms with Gasteiger partial charge < -0.3 is 14.8 Å². The molecule has 0 atom stereocenters.